The Kier molecular flexibility index (Phi) is 12.7. The summed E-state index contributed by atoms with van der Waals surface area (Å²) in [4.78, 5) is 30.1. The quantitative estimate of drug-likeness (QED) is 0.0413. The third-order valence-corrected chi connectivity index (χ3v) is 18.2. The van der Waals surface area contributed by atoms with Gasteiger partial charge in [0.05, 0.1) is 29.7 Å². The van der Waals surface area contributed by atoms with E-state index in [9.17, 15) is 50.4 Å². The number of hydrogen-bond donors (Lipinski definition) is 11. The van der Waals surface area contributed by atoms with E-state index in [1.807, 2.05) is 53.2 Å². The number of benzene rings is 3. The number of carbonyl (C=O) groups is 2. The van der Waals surface area contributed by atoms with Crippen molar-refractivity contribution in [3.63, 3.8) is 0 Å². The smallest absolute Gasteiger partial charge is 0.333 e. The molecule has 21 heteroatoms. The number of aliphatic hydroxyl groups is 7. The number of fused-ring (bicyclic) bond motifs is 9. The number of nitrogens with one attached hydrogen (secondary N) is 2. The molecule has 5 aromatic rings. The van der Waals surface area contributed by atoms with Gasteiger partial charge in [-0.05, 0) is 79.5 Å². The van der Waals surface area contributed by atoms with E-state index in [1.165, 1.54) is 12.3 Å². The highest BCUT2D eigenvalue weighted by molar-refractivity contribution is 5.97. The van der Waals surface area contributed by atoms with E-state index in [0.717, 1.165) is 10.9 Å². The van der Waals surface area contributed by atoms with Crippen LogP contribution in [-0.2, 0) is 38.6 Å². The molecule has 15 atom stereocenters. The van der Waals surface area contributed by atoms with Crippen molar-refractivity contribution in [3.05, 3.63) is 113 Å². The number of carboxylic acid groups (broad SMARTS) is 1. The fourth-order valence-corrected chi connectivity index (χ4v) is 14.4. The van der Waals surface area contributed by atoms with Crippen molar-refractivity contribution in [3.8, 4) is 52.4 Å². The third-order valence-electron chi connectivity index (χ3n) is 18.2. The van der Waals surface area contributed by atoms with Gasteiger partial charge in [-0.15, -0.1) is 5.92 Å². The highest BCUT2D eigenvalue weighted by Gasteiger charge is 2.75. The van der Waals surface area contributed by atoms with Crippen LogP contribution >= 0.6 is 0 Å². The van der Waals surface area contributed by atoms with Crippen molar-refractivity contribution in [1.82, 2.24) is 14.9 Å². The molecule has 418 valence electrons. The molecule has 8 aliphatic heterocycles. The number of esters is 1. The number of aliphatic hydroxyl groups excluding tert-OH is 6. The van der Waals surface area contributed by atoms with Gasteiger partial charge in [-0.2, -0.15) is 0 Å². The molecule has 0 radical (unpaired) electrons. The van der Waals surface area contributed by atoms with Crippen LogP contribution in [0, 0.1) is 40.4 Å². The fraction of sp³-hybridized carbons (Fsp3) is 0.458. The Morgan fingerprint density at radius 1 is 0.950 bits per heavy atom. The summed E-state index contributed by atoms with van der Waals surface area (Å²) in [5.74, 6) is 6.62. The van der Waals surface area contributed by atoms with Crippen LogP contribution in [0.5, 0.6) is 28.7 Å². The Morgan fingerprint density at radius 2 is 1.79 bits per heavy atom. The number of rotatable bonds is 10. The van der Waals surface area contributed by atoms with Crippen molar-refractivity contribution in [1.29, 1.82) is 0 Å². The number of ether oxygens (including phenoxy) is 7. The van der Waals surface area contributed by atoms with Gasteiger partial charge in [0.1, 0.15) is 54.8 Å². The Balaban J connectivity index is 1.08. The van der Waals surface area contributed by atoms with Crippen LogP contribution < -0.4 is 34.7 Å². The summed E-state index contributed by atoms with van der Waals surface area (Å²) in [6, 6.07) is 16.6. The zero-order valence-corrected chi connectivity index (χ0v) is 43.1. The van der Waals surface area contributed by atoms with E-state index in [0.29, 0.717) is 46.3 Å². The van der Waals surface area contributed by atoms with Crippen LogP contribution in [0.4, 0.5) is 0 Å². The van der Waals surface area contributed by atoms with Crippen LogP contribution in [0.2, 0.25) is 0 Å². The zero-order valence-electron chi connectivity index (χ0n) is 43.1. The summed E-state index contributed by atoms with van der Waals surface area (Å²) >= 11 is 0. The minimum absolute atomic E-state index is 0.00324. The number of carbonyl (C=O) groups excluding carboxylic acids is 1. The zero-order chi connectivity index (χ0) is 55.5. The first-order valence-corrected chi connectivity index (χ1v) is 26.9. The van der Waals surface area contributed by atoms with Crippen molar-refractivity contribution < 1.29 is 83.6 Å². The molecular weight excluding hydrogens is 1040 g/mol. The first kappa shape index (κ1) is 52.1. The van der Waals surface area contributed by atoms with Gasteiger partial charge in [-0.25, -0.2) is 0 Å². The Hall–Kier alpha value is -7.28. The Labute approximate surface area is 457 Å². The van der Waals surface area contributed by atoms with Gasteiger partial charge in [0.2, 0.25) is 18.0 Å². The van der Waals surface area contributed by atoms with E-state index in [2.05, 4.69) is 34.0 Å². The lowest BCUT2D eigenvalue weighted by molar-refractivity contribution is -0.377. The number of H-pyrrole nitrogens is 1. The number of aliphatic carboxylic acids is 1. The SMILES string of the molecule is NC1NC=CC23OC4Oc5cc6c(c(Cn7cc8cc[nH]c8c7CO)c5CC5(CCC(CCCO)(CC#CC(C(=O)O)C(=O)OC12)C5)C4(O)C(O)C3O)C1Oc2c3ccc(OCO)c2OCC(O)C#CC(c2ccccc2)C(O6)C31. The third kappa shape index (κ3) is 7.82. The van der Waals surface area contributed by atoms with Crippen LogP contribution in [0.3, 0.4) is 0 Å². The lowest BCUT2D eigenvalue weighted by Crippen LogP contribution is -2.80. The Morgan fingerprint density at radius 3 is 2.58 bits per heavy atom. The van der Waals surface area contributed by atoms with Gasteiger partial charge in [0, 0.05) is 65.5 Å². The molecule has 10 heterocycles. The molecule has 2 aromatic heterocycles. The Bertz CT molecular complexity index is 3470. The van der Waals surface area contributed by atoms with Crippen LogP contribution in [0.15, 0.2) is 79.3 Å². The van der Waals surface area contributed by atoms with E-state index in [1.54, 1.807) is 18.3 Å². The van der Waals surface area contributed by atoms with Gasteiger partial charge < -0.3 is 94.6 Å². The molecule has 21 nitrogen and oxygen atoms in total. The monoisotopic (exact) mass is 1100 g/mol. The van der Waals surface area contributed by atoms with Crippen LogP contribution in [0.1, 0.15) is 90.0 Å². The van der Waals surface area contributed by atoms with Gasteiger partial charge in [0.15, 0.2) is 35.6 Å². The van der Waals surface area contributed by atoms with Crippen LogP contribution in [-0.4, -0.2) is 137 Å². The topological polar surface area (TPSA) is 319 Å². The second kappa shape index (κ2) is 19.5. The van der Waals surface area contributed by atoms with Crippen molar-refractivity contribution >= 4 is 22.8 Å². The molecule has 9 aliphatic rings. The van der Waals surface area contributed by atoms with Crippen molar-refractivity contribution in [2.24, 2.45) is 22.5 Å². The molecule has 0 amide bonds. The predicted molar refractivity (Wildman–Crippen MR) is 278 cm³/mol. The largest absolute Gasteiger partial charge is 0.487 e. The highest BCUT2D eigenvalue weighted by Crippen LogP contribution is 2.67. The normalized spacial score (nSPS) is 35.0. The van der Waals surface area contributed by atoms with Crippen LogP contribution in [0.25, 0.3) is 10.9 Å². The number of aromatic nitrogens is 2. The maximum absolute atomic E-state index is 14.1. The molecule has 9 bridgehead atoms. The molecule has 14 rings (SSSR count). The van der Waals surface area contributed by atoms with E-state index in [4.69, 9.17) is 38.9 Å². The van der Waals surface area contributed by atoms with Crippen molar-refractivity contribution in [2.45, 2.75) is 130 Å². The number of nitrogens with two attached hydrogens (primary N) is 1. The lowest BCUT2D eigenvalue weighted by Gasteiger charge is -2.59. The van der Waals surface area contributed by atoms with Gasteiger partial charge in [0.25, 0.3) is 0 Å². The summed E-state index contributed by atoms with van der Waals surface area (Å²) in [7, 11) is 0. The number of carboxylic acids is 1. The standard InChI is InChI=1S/C59H60N4O17/c60-52-51-58(18-20-62-52)49(68)50(69)59(73)55(80-58)77-40-22-41-42(48-43-34-11-12-39(75-29-66)47(46(34)78-48)74-27-32(67)9-10-33(45(43)76-41)30-6-2-1-3-7-30)37(25-63-24-31-13-19-61-44(31)38(63)26-65)36(40)23-57(59)17-16-56(28-57,15-5-21-64)14-4-8-35(53(70)71)54(72)79-51/h1-3,6-7,11-13,18-20,22,24,32-33,35,43,45,48-52,55,61-62,64-69,73H,5,14-17,21,23,25-29,60H2,(H,70,71). The first-order chi connectivity index (χ1) is 38.7. The fourth-order valence-electron chi connectivity index (χ4n) is 14.4. The second-order valence-corrected chi connectivity index (χ2v) is 22.4. The van der Waals surface area contributed by atoms with Crippen molar-refractivity contribution in [2.75, 3.05) is 20.0 Å². The van der Waals surface area contributed by atoms with Gasteiger partial charge in [-0.3, -0.25) is 9.59 Å². The molecule has 2 fully saturated rings. The minimum Gasteiger partial charge on any atom is -0.487 e. The number of nitrogens with zero attached hydrogens (tertiary/aromatic N) is 1. The summed E-state index contributed by atoms with van der Waals surface area (Å²) < 4.78 is 48.7. The number of hydrogen-bond acceptors (Lipinski definition) is 18. The molecular formula is C59H60N4O17. The van der Waals surface area contributed by atoms with Gasteiger partial charge >= 0.3 is 11.9 Å². The highest BCUT2D eigenvalue weighted by atomic mass is 16.7. The number of aromatic amines is 1. The van der Waals surface area contributed by atoms with E-state index in [-0.39, 0.29) is 87.2 Å². The molecule has 1 aliphatic carbocycles. The predicted octanol–water partition coefficient (Wildman–Crippen LogP) is 2.19. The molecule has 15 unspecified atom stereocenters. The molecule has 3 aromatic carbocycles. The average molecular weight is 1100 g/mol. The van der Waals surface area contributed by atoms with E-state index < -0.39 is 108 Å². The summed E-state index contributed by atoms with van der Waals surface area (Å²) in [5, 5.41) is 96.8. The summed E-state index contributed by atoms with van der Waals surface area (Å²) in [5.41, 5.74) is 3.78. The first-order valence-electron chi connectivity index (χ1n) is 26.9. The molecule has 1 saturated carbocycles. The molecule has 12 N–H and O–H groups in total. The summed E-state index contributed by atoms with van der Waals surface area (Å²) in [6.07, 6.45) is -4.83. The molecule has 1 saturated heterocycles. The maximum atomic E-state index is 14.1. The molecule has 2 spiro atoms. The molecule has 80 heavy (non-hydrogen) atoms. The van der Waals surface area contributed by atoms with E-state index >= 15 is 0 Å². The average Bonchev–Trinajstić information content (AvgIpc) is 4.40. The van der Waals surface area contributed by atoms with Gasteiger partial charge in [-0.1, -0.05) is 54.2 Å². The minimum atomic E-state index is -2.50. The lowest BCUT2D eigenvalue weighted by atomic mass is 9.58. The second-order valence-electron chi connectivity index (χ2n) is 22.4. The maximum Gasteiger partial charge on any atom is 0.333 e. The summed E-state index contributed by atoms with van der Waals surface area (Å²) in [6.45, 7) is -1.53.